The molecule has 14 heavy (non-hydrogen) atoms. The van der Waals surface area contributed by atoms with Crippen molar-refractivity contribution in [1.29, 1.82) is 0 Å². The molecule has 0 heterocycles. The third kappa shape index (κ3) is 4.07. The Kier molecular flexibility index (Phi) is 5.60. The standard InChI is InChI=1S/C10H16O4/c1-7(9(11)13-3)5-6-8(2)10(12)14-4/h5-8H,1-4H3/b6-5-. The Morgan fingerprint density at radius 1 is 0.929 bits per heavy atom. The van der Waals surface area contributed by atoms with E-state index in [1.807, 2.05) is 0 Å². The van der Waals surface area contributed by atoms with Gasteiger partial charge in [0.25, 0.3) is 0 Å². The first-order chi connectivity index (χ1) is 6.52. The molecule has 0 saturated carbocycles. The van der Waals surface area contributed by atoms with Crippen molar-refractivity contribution in [3.05, 3.63) is 12.2 Å². The first-order valence-corrected chi connectivity index (χ1v) is 4.37. The van der Waals surface area contributed by atoms with Crippen molar-refractivity contribution in [2.75, 3.05) is 14.2 Å². The highest BCUT2D eigenvalue weighted by Crippen LogP contribution is 2.05. The summed E-state index contributed by atoms with van der Waals surface area (Å²) < 4.78 is 9.05. The summed E-state index contributed by atoms with van der Waals surface area (Å²) in [5.41, 5.74) is 0. The van der Waals surface area contributed by atoms with E-state index >= 15 is 0 Å². The van der Waals surface area contributed by atoms with Crippen LogP contribution in [-0.2, 0) is 19.1 Å². The van der Waals surface area contributed by atoms with E-state index in [-0.39, 0.29) is 23.8 Å². The fourth-order valence-electron chi connectivity index (χ4n) is 0.862. The molecule has 0 radical (unpaired) electrons. The molecule has 0 aromatic rings. The molecule has 0 bridgehead atoms. The third-order valence-electron chi connectivity index (χ3n) is 1.83. The van der Waals surface area contributed by atoms with Crippen molar-refractivity contribution in [2.24, 2.45) is 11.8 Å². The minimum Gasteiger partial charge on any atom is -0.469 e. The molecule has 0 aliphatic heterocycles. The second-order valence-corrected chi connectivity index (χ2v) is 3.01. The third-order valence-corrected chi connectivity index (χ3v) is 1.83. The molecular formula is C10H16O4. The van der Waals surface area contributed by atoms with E-state index in [0.717, 1.165) is 0 Å². The van der Waals surface area contributed by atoms with Crippen LogP contribution in [0.5, 0.6) is 0 Å². The van der Waals surface area contributed by atoms with Crippen molar-refractivity contribution in [3.63, 3.8) is 0 Å². The lowest BCUT2D eigenvalue weighted by molar-refractivity contribution is -0.144. The smallest absolute Gasteiger partial charge is 0.312 e. The molecule has 4 nitrogen and oxygen atoms in total. The van der Waals surface area contributed by atoms with Gasteiger partial charge in [0.05, 0.1) is 26.1 Å². The van der Waals surface area contributed by atoms with Crippen molar-refractivity contribution >= 4 is 11.9 Å². The van der Waals surface area contributed by atoms with E-state index in [4.69, 9.17) is 0 Å². The topological polar surface area (TPSA) is 52.6 Å². The van der Waals surface area contributed by atoms with E-state index in [2.05, 4.69) is 9.47 Å². The van der Waals surface area contributed by atoms with Crippen LogP contribution < -0.4 is 0 Å². The van der Waals surface area contributed by atoms with E-state index in [9.17, 15) is 9.59 Å². The largest absolute Gasteiger partial charge is 0.469 e. The number of carbonyl (C=O) groups excluding carboxylic acids is 2. The maximum absolute atomic E-state index is 11.0. The van der Waals surface area contributed by atoms with Crippen LogP contribution in [0.4, 0.5) is 0 Å². The van der Waals surface area contributed by atoms with E-state index in [1.54, 1.807) is 26.0 Å². The molecule has 0 rings (SSSR count). The van der Waals surface area contributed by atoms with Gasteiger partial charge in [0.15, 0.2) is 0 Å². The molecule has 0 fully saturated rings. The summed E-state index contributed by atoms with van der Waals surface area (Å²) in [4.78, 5) is 21.9. The highest BCUT2D eigenvalue weighted by Gasteiger charge is 2.12. The fraction of sp³-hybridized carbons (Fsp3) is 0.600. The normalized spacial score (nSPS) is 14.9. The lowest BCUT2D eigenvalue weighted by Gasteiger charge is -2.05. The Morgan fingerprint density at radius 3 is 1.43 bits per heavy atom. The average Bonchev–Trinajstić information content (AvgIpc) is 2.22. The van der Waals surface area contributed by atoms with Gasteiger partial charge in [0.1, 0.15) is 0 Å². The molecule has 2 unspecified atom stereocenters. The number of carbonyl (C=O) groups is 2. The van der Waals surface area contributed by atoms with Gasteiger partial charge >= 0.3 is 11.9 Å². The van der Waals surface area contributed by atoms with Gasteiger partial charge in [-0.15, -0.1) is 0 Å². The lowest BCUT2D eigenvalue weighted by Crippen LogP contribution is -2.13. The van der Waals surface area contributed by atoms with Gasteiger partial charge in [-0.3, -0.25) is 9.59 Å². The quantitative estimate of drug-likeness (QED) is 0.504. The minimum atomic E-state index is -0.341. The van der Waals surface area contributed by atoms with Crippen LogP contribution in [0.3, 0.4) is 0 Å². The molecule has 0 spiro atoms. The Hall–Kier alpha value is -1.32. The van der Waals surface area contributed by atoms with Gasteiger partial charge < -0.3 is 9.47 Å². The molecule has 0 N–H and O–H groups in total. The second kappa shape index (κ2) is 6.18. The van der Waals surface area contributed by atoms with Crippen molar-refractivity contribution < 1.29 is 19.1 Å². The van der Waals surface area contributed by atoms with E-state index in [1.165, 1.54) is 14.2 Å². The lowest BCUT2D eigenvalue weighted by atomic mass is 10.1. The molecule has 0 aliphatic rings. The van der Waals surface area contributed by atoms with Crippen molar-refractivity contribution in [2.45, 2.75) is 13.8 Å². The van der Waals surface area contributed by atoms with E-state index in [0.29, 0.717) is 0 Å². The van der Waals surface area contributed by atoms with Crippen LogP contribution in [0.2, 0.25) is 0 Å². The number of esters is 2. The monoisotopic (exact) mass is 200 g/mol. The SMILES string of the molecule is COC(=O)C(C)/C=C\C(C)C(=O)OC. The van der Waals surface area contributed by atoms with Gasteiger partial charge in [-0.05, 0) is 13.8 Å². The minimum absolute atomic E-state index is 0.321. The number of hydrogen-bond acceptors (Lipinski definition) is 4. The maximum atomic E-state index is 11.0. The summed E-state index contributed by atoms with van der Waals surface area (Å²) in [5.74, 6) is -1.32. The molecule has 0 saturated heterocycles. The van der Waals surface area contributed by atoms with Gasteiger partial charge in [-0.2, -0.15) is 0 Å². The molecule has 2 atom stereocenters. The number of rotatable bonds is 4. The molecular weight excluding hydrogens is 184 g/mol. The molecule has 4 heteroatoms. The Balaban J connectivity index is 4.16. The Labute approximate surface area is 83.9 Å². The van der Waals surface area contributed by atoms with Crippen LogP contribution in [-0.4, -0.2) is 26.2 Å². The van der Waals surface area contributed by atoms with Gasteiger partial charge in [-0.1, -0.05) is 12.2 Å². The van der Waals surface area contributed by atoms with Crippen LogP contribution in [0.25, 0.3) is 0 Å². The van der Waals surface area contributed by atoms with Gasteiger partial charge in [-0.25, -0.2) is 0 Å². The number of hydrogen-bond donors (Lipinski definition) is 0. The van der Waals surface area contributed by atoms with Crippen molar-refractivity contribution in [3.8, 4) is 0 Å². The summed E-state index contributed by atoms with van der Waals surface area (Å²) in [6, 6.07) is 0. The zero-order valence-electron chi connectivity index (χ0n) is 8.94. The van der Waals surface area contributed by atoms with Crippen LogP contribution in [0.15, 0.2) is 12.2 Å². The number of methoxy groups -OCH3 is 2. The van der Waals surface area contributed by atoms with Crippen molar-refractivity contribution in [1.82, 2.24) is 0 Å². The Morgan fingerprint density at radius 2 is 1.21 bits per heavy atom. The first kappa shape index (κ1) is 12.7. The fourth-order valence-corrected chi connectivity index (χ4v) is 0.862. The predicted molar refractivity (Wildman–Crippen MR) is 51.5 cm³/mol. The van der Waals surface area contributed by atoms with Crippen LogP contribution in [0.1, 0.15) is 13.8 Å². The molecule has 0 aromatic heterocycles. The number of ether oxygens (including phenoxy) is 2. The maximum Gasteiger partial charge on any atom is 0.312 e. The Bertz CT molecular complexity index is 208. The summed E-state index contributed by atoms with van der Waals surface area (Å²) in [6.45, 7) is 3.40. The summed E-state index contributed by atoms with van der Waals surface area (Å²) in [5, 5.41) is 0. The predicted octanol–water partition coefficient (Wildman–Crippen LogP) is 1.16. The van der Waals surface area contributed by atoms with Crippen LogP contribution >= 0.6 is 0 Å². The zero-order valence-corrected chi connectivity index (χ0v) is 8.94. The average molecular weight is 200 g/mol. The van der Waals surface area contributed by atoms with Gasteiger partial charge in [0.2, 0.25) is 0 Å². The molecule has 0 amide bonds. The zero-order chi connectivity index (χ0) is 11.1. The second-order valence-electron chi connectivity index (χ2n) is 3.01. The highest BCUT2D eigenvalue weighted by molar-refractivity contribution is 5.75. The van der Waals surface area contributed by atoms with Gasteiger partial charge in [0, 0.05) is 0 Å². The van der Waals surface area contributed by atoms with Crippen LogP contribution in [0, 0.1) is 11.8 Å². The first-order valence-electron chi connectivity index (χ1n) is 4.37. The summed E-state index contributed by atoms with van der Waals surface area (Å²) in [6.07, 6.45) is 3.26. The van der Waals surface area contributed by atoms with E-state index < -0.39 is 0 Å². The molecule has 0 aliphatic carbocycles. The summed E-state index contributed by atoms with van der Waals surface area (Å²) >= 11 is 0. The summed E-state index contributed by atoms with van der Waals surface area (Å²) in [7, 11) is 2.66. The highest BCUT2D eigenvalue weighted by atomic mass is 16.5. The molecule has 0 aromatic carbocycles. The molecule has 80 valence electrons.